The van der Waals surface area contributed by atoms with Gasteiger partial charge in [-0.15, -0.1) is 0 Å². The van der Waals surface area contributed by atoms with Gasteiger partial charge in [0.05, 0.1) is 13.2 Å². The van der Waals surface area contributed by atoms with Crippen molar-refractivity contribution in [1.82, 2.24) is 0 Å². The third kappa shape index (κ3) is 3.23. The number of Topliss-reactive ketones (excluding diaryl/α,β-unsaturated/α-hetero) is 1. The molecule has 2 spiro atoms. The number of anilines is 1. The first-order valence-corrected chi connectivity index (χ1v) is 14.5. The second-order valence-electron chi connectivity index (χ2n) is 14.5. The first-order chi connectivity index (χ1) is 17.5. The summed E-state index contributed by atoms with van der Waals surface area (Å²) in [6.45, 7) is 7.77. The van der Waals surface area contributed by atoms with Crippen molar-refractivity contribution in [2.45, 2.75) is 83.5 Å². The van der Waals surface area contributed by atoms with Crippen LogP contribution in [0.1, 0.15) is 76.3 Å². The predicted molar refractivity (Wildman–Crippen MR) is 143 cm³/mol. The smallest absolute Gasteiger partial charge is 0.214 e. The zero-order valence-corrected chi connectivity index (χ0v) is 23.2. The molecule has 1 saturated heterocycles. The first-order valence-electron chi connectivity index (χ1n) is 14.5. The van der Waals surface area contributed by atoms with E-state index in [4.69, 9.17) is 9.47 Å². The second kappa shape index (κ2) is 7.70. The van der Waals surface area contributed by atoms with Crippen LogP contribution in [0.25, 0.3) is 0 Å². The number of aliphatic hydroxyl groups is 1. The standard InChI is InChI=1S/C32H43NO4/c1-29(2)17-36-32(37-18-29)14-20-6-8-23-25-10-11-26(34)30(25,3)15-24-22-9-7-21(33(4)5)12-19(22)13-31(20,28(23)24)16-27(32)35/h7,9,12,14,23-25,27-28,35H,6,8,10-11,13,15-18H2,1-5H3/t23-,24?,25+,27?,28?,30-,31-/m0/s1. The predicted octanol–water partition coefficient (Wildman–Crippen LogP) is 5.25. The molecule has 5 aliphatic carbocycles. The summed E-state index contributed by atoms with van der Waals surface area (Å²) < 4.78 is 12.7. The van der Waals surface area contributed by atoms with Gasteiger partial charge in [0.15, 0.2) is 0 Å². The maximum atomic E-state index is 13.3. The number of hydrogen-bond acceptors (Lipinski definition) is 5. The number of rotatable bonds is 1. The Morgan fingerprint density at radius 3 is 2.51 bits per heavy atom. The molecule has 7 atom stereocenters. The quantitative estimate of drug-likeness (QED) is 0.528. The van der Waals surface area contributed by atoms with Gasteiger partial charge in [0, 0.05) is 42.4 Å². The van der Waals surface area contributed by atoms with Crippen LogP contribution in [0.15, 0.2) is 29.8 Å². The molecule has 0 bridgehead atoms. The van der Waals surface area contributed by atoms with Crippen LogP contribution < -0.4 is 4.90 Å². The lowest BCUT2D eigenvalue weighted by molar-refractivity contribution is -0.317. The van der Waals surface area contributed by atoms with Crippen molar-refractivity contribution in [1.29, 1.82) is 0 Å². The lowest BCUT2D eigenvalue weighted by Gasteiger charge is -2.65. The Hall–Kier alpha value is -1.69. The highest BCUT2D eigenvalue weighted by Gasteiger charge is 2.67. The Balaban J connectivity index is 1.38. The van der Waals surface area contributed by atoms with Gasteiger partial charge in [-0.3, -0.25) is 4.79 Å². The molecule has 1 N–H and O–H groups in total. The van der Waals surface area contributed by atoms with E-state index >= 15 is 0 Å². The Labute approximate surface area is 221 Å². The molecule has 0 amide bonds. The number of ether oxygens (including phenoxy) is 2. The molecule has 1 heterocycles. The lowest BCUT2D eigenvalue weighted by atomic mass is 9.40. The van der Waals surface area contributed by atoms with Crippen molar-refractivity contribution in [3.05, 3.63) is 41.0 Å². The number of allylic oxidation sites excluding steroid dienone is 1. The van der Waals surface area contributed by atoms with Crippen LogP contribution in [-0.2, 0) is 20.7 Å². The summed E-state index contributed by atoms with van der Waals surface area (Å²) in [4.78, 5) is 15.5. The molecule has 5 nitrogen and oxygen atoms in total. The average Bonchev–Trinajstić information content (AvgIpc) is 3.15. The van der Waals surface area contributed by atoms with Gasteiger partial charge >= 0.3 is 0 Å². The van der Waals surface area contributed by atoms with Crippen molar-refractivity contribution in [2.24, 2.45) is 34.0 Å². The number of aliphatic hydroxyl groups excluding tert-OH is 1. The number of nitrogens with zero attached hydrogens (tertiary/aromatic N) is 1. The van der Waals surface area contributed by atoms with Gasteiger partial charge in [0.25, 0.3) is 0 Å². The second-order valence-corrected chi connectivity index (χ2v) is 14.5. The molecule has 5 heteroatoms. The molecular formula is C32H43NO4. The van der Waals surface area contributed by atoms with Crippen LogP contribution in [-0.4, -0.2) is 50.1 Å². The minimum atomic E-state index is -1.02. The summed E-state index contributed by atoms with van der Waals surface area (Å²) in [6, 6.07) is 6.99. The highest BCUT2D eigenvalue weighted by molar-refractivity contribution is 5.87. The molecule has 1 aliphatic heterocycles. The normalized spacial score (nSPS) is 42.8. The number of benzene rings is 1. The van der Waals surface area contributed by atoms with E-state index in [0.29, 0.717) is 49.1 Å². The van der Waals surface area contributed by atoms with E-state index in [9.17, 15) is 9.90 Å². The van der Waals surface area contributed by atoms with E-state index in [-0.39, 0.29) is 16.2 Å². The van der Waals surface area contributed by atoms with Crippen LogP contribution >= 0.6 is 0 Å². The molecule has 0 aromatic heterocycles. The van der Waals surface area contributed by atoms with E-state index in [1.807, 2.05) is 0 Å². The van der Waals surface area contributed by atoms with Crippen molar-refractivity contribution in [2.75, 3.05) is 32.2 Å². The molecule has 0 radical (unpaired) electrons. The van der Waals surface area contributed by atoms with Crippen molar-refractivity contribution >= 4 is 11.5 Å². The van der Waals surface area contributed by atoms with E-state index in [2.05, 4.69) is 64.0 Å². The highest BCUT2D eigenvalue weighted by atomic mass is 16.7. The molecule has 1 aromatic rings. The SMILES string of the molecule is CN(C)c1ccc2c(c1)C[C@]13CC(O)C4(C=C1CC[C@@H]1C3C2C[C@]2(C)C(=O)CC[C@H]12)OCC(C)(C)CO4. The van der Waals surface area contributed by atoms with E-state index in [1.54, 1.807) is 0 Å². The average molecular weight is 506 g/mol. The van der Waals surface area contributed by atoms with Gasteiger partial charge in [0.2, 0.25) is 5.79 Å². The summed E-state index contributed by atoms with van der Waals surface area (Å²) in [6.07, 6.45) is 8.04. The van der Waals surface area contributed by atoms with Gasteiger partial charge < -0.3 is 19.5 Å². The maximum absolute atomic E-state index is 13.3. The summed E-state index contributed by atoms with van der Waals surface area (Å²) in [5.41, 5.74) is 5.17. The van der Waals surface area contributed by atoms with Gasteiger partial charge in [0.1, 0.15) is 11.9 Å². The van der Waals surface area contributed by atoms with Gasteiger partial charge in [-0.1, -0.05) is 32.4 Å². The fourth-order valence-corrected chi connectivity index (χ4v) is 9.76. The molecule has 37 heavy (non-hydrogen) atoms. The Morgan fingerprint density at radius 2 is 1.78 bits per heavy atom. The molecule has 3 unspecified atom stereocenters. The van der Waals surface area contributed by atoms with E-state index in [0.717, 1.165) is 38.5 Å². The topological polar surface area (TPSA) is 59.0 Å². The Morgan fingerprint density at radius 1 is 1.03 bits per heavy atom. The number of ketones is 1. The van der Waals surface area contributed by atoms with Crippen molar-refractivity contribution in [3.8, 4) is 0 Å². The molecular weight excluding hydrogens is 462 g/mol. The lowest BCUT2D eigenvalue weighted by Crippen LogP contribution is -2.63. The third-order valence-corrected chi connectivity index (χ3v) is 11.5. The third-order valence-electron chi connectivity index (χ3n) is 11.5. The van der Waals surface area contributed by atoms with Crippen LogP contribution in [0.2, 0.25) is 0 Å². The number of hydrogen-bond donors (Lipinski definition) is 1. The Kier molecular flexibility index (Phi) is 5.07. The maximum Gasteiger partial charge on any atom is 0.214 e. The monoisotopic (exact) mass is 505 g/mol. The summed E-state index contributed by atoms with van der Waals surface area (Å²) in [5.74, 6) is 1.28. The summed E-state index contributed by atoms with van der Waals surface area (Å²) in [7, 11) is 4.20. The number of carbonyl (C=O) groups is 1. The number of carbonyl (C=O) groups excluding carboxylic acids is 1. The highest BCUT2D eigenvalue weighted by Crippen LogP contribution is 2.71. The van der Waals surface area contributed by atoms with Crippen LogP contribution in [0.3, 0.4) is 0 Å². The molecule has 200 valence electrons. The molecule has 4 fully saturated rings. The number of fused-ring (bicyclic) bond motifs is 4. The van der Waals surface area contributed by atoms with E-state index < -0.39 is 11.9 Å². The van der Waals surface area contributed by atoms with Crippen LogP contribution in [0.4, 0.5) is 5.69 Å². The zero-order chi connectivity index (χ0) is 26.0. The van der Waals surface area contributed by atoms with Gasteiger partial charge in [-0.05, 0) is 91.5 Å². The molecule has 7 rings (SSSR count). The molecule has 1 aromatic carbocycles. The van der Waals surface area contributed by atoms with Crippen molar-refractivity contribution in [3.63, 3.8) is 0 Å². The van der Waals surface area contributed by atoms with Crippen LogP contribution in [0.5, 0.6) is 0 Å². The minimum Gasteiger partial charge on any atom is -0.387 e. The first kappa shape index (κ1) is 24.4. The fourth-order valence-electron chi connectivity index (χ4n) is 9.76. The molecule has 6 aliphatic rings. The summed E-state index contributed by atoms with van der Waals surface area (Å²) in [5, 5.41) is 11.8. The van der Waals surface area contributed by atoms with Crippen LogP contribution in [0, 0.1) is 34.0 Å². The largest absolute Gasteiger partial charge is 0.387 e. The van der Waals surface area contributed by atoms with Gasteiger partial charge in [-0.25, -0.2) is 0 Å². The Bertz CT molecular complexity index is 1180. The molecule has 3 saturated carbocycles. The fraction of sp³-hybridized carbons (Fsp3) is 0.719. The zero-order valence-electron chi connectivity index (χ0n) is 23.2. The summed E-state index contributed by atoms with van der Waals surface area (Å²) >= 11 is 0. The minimum absolute atomic E-state index is 0.0451. The van der Waals surface area contributed by atoms with Crippen molar-refractivity contribution < 1.29 is 19.4 Å². The van der Waals surface area contributed by atoms with E-state index in [1.165, 1.54) is 22.4 Å². The van der Waals surface area contributed by atoms with Gasteiger partial charge in [-0.2, -0.15) is 0 Å².